The number of rotatable bonds is 5. The molecular weight excluding hydrogens is 342 g/mol. The normalized spacial score (nSPS) is 20.0. The van der Waals surface area contributed by atoms with E-state index in [2.05, 4.69) is 0 Å². The molecule has 0 spiro atoms. The molecule has 0 aliphatic carbocycles. The summed E-state index contributed by atoms with van der Waals surface area (Å²) < 4.78 is 5.11. The van der Waals surface area contributed by atoms with Gasteiger partial charge in [0.2, 0.25) is 0 Å². The third-order valence-electron chi connectivity index (χ3n) is 4.87. The molecule has 1 amide bonds. The van der Waals surface area contributed by atoms with Gasteiger partial charge in [0.1, 0.15) is 11.6 Å². The van der Waals surface area contributed by atoms with E-state index >= 15 is 0 Å². The molecule has 1 aliphatic rings. The van der Waals surface area contributed by atoms with Gasteiger partial charge in [-0.15, -0.1) is 0 Å². The number of anilines is 1. The van der Waals surface area contributed by atoms with Gasteiger partial charge < -0.3 is 14.5 Å². The first-order valence-corrected chi connectivity index (χ1v) is 9.21. The van der Waals surface area contributed by atoms with E-state index in [4.69, 9.17) is 4.74 Å². The molecule has 0 saturated carbocycles. The number of hydrogen-bond acceptors (Lipinski definition) is 5. The lowest BCUT2D eigenvalue weighted by Crippen LogP contribution is -2.49. The zero-order valence-electron chi connectivity index (χ0n) is 16.4. The van der Waals surface area contributed by atoms with Crippen LogP contribution in [0.5, 0.6) is 0 Å². The summed E-state index contributed by atoms with van der Waals surface area (Å²) in [4.78, 5) is 28.4. The topological polar surface area (TPSA) is 73.6 Å². The second-order valence-corrected chi connectivity index (χ2v) is 7.16. The van der Waals surface area contributed by atoms with Crippen molar-refractivity contribution in [1.82, 2.24) is 4.90 Å². The fourth-order valence-corrected chi connectivity index (χ4v) is 3.36. The average Bonchev–Trinajstić information content (AvgIpc) is 2.64. The highest BCUT2D eigenvalue weighted by Gasteiger charge is 2.29. The van der Waals surface area contributed by atoms with Crippen LogP contribution in [-0.2, 0) is 14.3 Å². The maximum absolute atomic E-state index is 12.4. The third-order valence-corrected chi connectivity index (χ3v) is 4.87. The van der Waals surface area contributed by atoms with Crippen molar-refractivity contribution in [2.75, 3.05) is 25.6 Å². The first kappa shape index (κ1) is 20.5. The molecule has 6 heteroatoms. The summed E-state index contributed by atoms with van der Waals surface area (Å²) in [5.74, 6) is -0.990. The Balaban J connectivity index is 2.00. The molecule has 2 rings (SSSR count). The highest BCUT2D eigenvalue weighted by Crippen LogP contribution is 2.22. The van der Waals surface area contributed by atoms with E-state index in [-0.39, 0.29) is 30.2 Å². The molecular formula is C21H27N3O3. The fourth-order valence-electron chi connectivity index (χ4n) is 3.36. The Bertz CT molecular complexity index is 737. The van der Waals surface area contributed by atoms with Crippen molar-refractivity contribution in [3.8, 4) is 6.07 Å². The minimum atomic E-state index is -0.778. The molecule has 1 heterocycles. The Morgan fingerprint density at radius 3 is 2.33 bits per heavy atom. The van der Waals surface area contributed by atoms with Crippen molar-refractivity contribution >= 4 is 23.6 Å². The lowest BCUT2D eigenvalue weighted by atomic mass is 9.97. The molecule has 0 unspecified atom stereocenters. The zero-order valence-corrected chi connectivity index (χ0v) is 16.4. The van der Waals surface area contributed by atoms with Crippen LogP contribution in [0, 0.1) is 11.3 Å². The molecule has 0 aromatic heterocycles. The molecule has 1 aliphatic heterocycles. The number of esters is 1. The molecule has 1 aromatic carbocycles. The summed E-state index contributed by atoms with van der Waals surface area (Å²) in [7, 11) is 3.87. The van der Waals surface area contributed by atoms with Crippen molar-refractivity contribution < 1.29 is 14.3 Å². The van der Waals surface area contributed by atoms with Gasteiger partial charge in [-0.2, -0.15) is 5.26 Å². The molecule has 1 fully saturated rings. The van der Waals surface area contributed by atoms with Gasteiger partial charge >= 0.3 is 5.97 Å². The smallest absolute Gasteiger partial charge is 0.349 e. The van der Waals surface area contributed by atoms with Crippen molar-refractivity contribution in [2.45, 2.75) is 45.2 Å². The lowest BCUT2D eigenvalue weighted by Gasteiger charge is -2.38. The second kappa shape index (κ2) is 9.22. The van der Waals surface area contributed by atoms with E-state index in [1.807, 2.05) is 63.2 Å². The summed E-state index contributed by atoms with van der Waals surface area (Å²) in [5, 5.41) is 9.28. The summed E-state index contributed by atoms with van der Waals surface area (Å²) in [6, 6.07) is 9.58. The Kier molecular flexibility index (Phi) is 7.00. The van der Waals surface area contributed by atoms with E-state index in [1.165, 1.54) is 6.08 Å². The van der Waals surface area contributed by atoms with Gasteiger partial charge in [0.25, 0.3) is 5.91 Å². The van der Waals surface area contributed by atoms with E-state index in [9.17, 15) is 14.9 Å². The monoisotopic (exact) mass is 369 g/mol. The molecule has 0 radical (unpaired) electrons. The number of likely N-dealkylation sites (tertiary alicyclic amines) is 1. The van der Waals surface area contributed by atoms with Gasteiger partial charge in [0, 0.05) is 31.9 Å². The highest BCUT2D eigenvalue weighted by atomic mass is 16.5. The Hall–Kier alpha value is -2.81. The SMILES string of the molecule is C[C@@H]1CCC[C@@H](C)N1C(=O)COC(=O)/C(C#N)=C\c1ccc(N(C)C)cc1. The van der Waals surface area contributed by atoms with E-state index < -0.39 is 5.97 Å². The predicted octanol–water partition coefficient (Wildman–Crippen LogP) is 2.99. The van der Waals surface area contributed by atoms with Crippen LogP contribution in [0.4, 0.5) is 5.69 Å². The standard InChI is InChI=1S/C21H27N3O3/c1-15-6-5-7-16(2)24(15)20(25)14-27-21(26)18(13-22)12-17-8-10-19(11-9-17)23(3)4/h8-12,15-16H,5-7,14H2,1-4H3/b18-12-/t15-,16-/m1/s1. The van der Waals surface area contributed by atoms with Gasteiger partial charge in [0.05, 0.1) is 0 Å². The Morgan fingerprint density at radius 2 is 1.81 bits per heavy atom. The van der Waals surface area contributed by atoms with Crippen LogP contribution in [0.2, 0.25) is 0 Å². The quantitative estimate of drug-likeness (QED) is 0.453. The number of nitriles is 1. The minimum Gasteiger partial charge on any atom is -0.451 e. The molecule has 1 saturated heterocycles. The lowest BCUT2D eigenvalue weighted by molar-refractivity contribution is -0.151. The fraction of sp³-hybridized carbons (Fsp3) is 0.476. The van der Waals surface area contributed by atoms with Gasteiger partial charge in [-0.3, -0.25) is 4.79 Å². The largest absolute Gasteiger partial charge is 0.451 e. The van der Waals surface area contributed by atoms with Crippen molar-refractivity contribution in [3.63, 3.8) is 0 Å². The summed E-state index contributed by atoms with van der Waals surface area (Å²) in [5.41, 5.74) is 1.61. The number of benzene rings is 1. The molecule has 27 heavy (non-hydrogen) atoms. The predicted molar refractivity (Wildman–Crippen MR) is 105 cm³/mol. The molecule has 1 aromatic rings. The van der Waals surface area contributed by atoms with Crippen LogP contribution in [0.3, 0.4) is 0 Å². The van der Waals surface area contributed by atoms with E-state index in [1.54, 1.807) is 4.90 Å². The van der Waals surface area contributed by atoms with Crippen molar-refractivity contribution in [1.29, 1.82) is 5.26 Å². The minimum absolute atomic E-state index is 0.125. The van der Waals surface area contributed by atoms with E-state index in [0.29, 0.717) is 0 Å². The number of nitrogens with zero attached hydrogens (tertiary/aromatic N) is 3. The van der Waals surface area contributed by atoms with Crippen LogP contribution in [0.1, 0.15) is 38.7 Å². The molecule has 144 valence electrons. The van der Waals surface area contributed by atoms with Gasteiger partial charge in [-0.25, -0.2) is 4.79 Å². The first-order chi connectivity index (χ1) is 12.8. The van der Waals surface area contributed by atoms with Crippen LogP contribution in [0.25, 0.3) is 6.08 Å². The zero-order chi connectivity index (χ0) is 20.0. The maximum atomic E-state index is 12.4. The van der Waals surface area contributed by atoms with Gasteiger partial charge in [0.15, 0.2) is 6.61 Å². The summed E-state index contributed by atoms with van der Waals surface area (Å²) in [6.07, 6.45) is 4.48. The summed E-state index contributed by atoms with van der Waals surface area (Å²) >= 11 is 0. The third kappa shape index (κ3) is 5.33. The number of hydrogen-bond donors (Lipinski definition) is 0. The van der Waals surface area contributed by atoms with E-state index in [0.717, 1.165) is 30.5 Å². The van der Waals surface area contributed by atoms with Crippen molar-refractivity contribution in [3.05, 3.63) is 35.4 Å². The molecule has 2 atom stereocenters. The van der Waals surface area contributed by atoms with Gasteiger partial charge in [-0.1, -0.05) is 12.1 Å². The number of piperidine rings is 1. The number of carbonyl (C=O) groups is 2. The molecule has 0 bridgehead atoms. The van der Waals surface area contributed by atoms with Crippen LogP contribution in [0.15, 0.2) is 29.8 Å². The molecule has 6 nitrogen and oxygen atoms in total. The average molecular weight is 369 g/mol. The number of carbonyl (C=O) groups excluding carboxylic acids is 2. The van der Waals surface area contributed by atoms with Crippen molar-refractivity contribution in [2.24, 2.45) is 0 Å². The Labute approximate surface area is 161 Å². The van der Waals surface area contributed by atoms with Crippen LogP contribution in [-0.4, -0.2) is 49.6 Å². The van der Waals surface area contributed by atoms with Crippen LogP contribution >= 0.6 is 0 Å². The van der Waals surface area contributed by atoms with Crippen LogP contribution < -0.4 is 4.90 Å². The summed E-state index contributed by atoms with van der Waals surface area (Å²) in [6.45, 7) is 3.67. The highest BCUT2D eigenvalue weighted by molar-refractivity contribution is 5.98. The second-order valence-electron chi connectivity index (χ2n) is 7.16. The first-order valence-electron chi connectivity index (χ1n) is 9.21. The maximum Gasteiger partial charge on any atom is 0.349 e. The number of amides is 1. The van der Waals surface area contributed by atoms with Gasteiger partial charge in [-0.05, 0) is 56.9 Å². The number of ether oxygens (including phenoxy) is 1. The molecule has 0 N–H and O–H groups in total. The Morgan fingerprint density at radius 1 is 1.22 bits per heavy atom.